The maximum absolute atomic E-state index is 8.88. The molecule has 5 heteroatoms. The summed E-state index contributed by atoms with van der Waals surface area (Å²) in [7, 11) is -4.64. The molecule has 0 aromatic rings. The molecule has 282 valence electrons. The predicted molar refractivity (Wildman–Crippen MR) is 210 cm³/mol. The fourth-order valence-electron chi connectivity index (χ4n) is 4.27. The second-order valence-corrected chi connectivity index (χ2v) is 13.6. The lowest BCUT2D eigenvalue weighted by atomic mass is 10.1. The summed E-state index contributed by atoms with van der Waals surface area (Å²) in [6.07, 6.45) is 42.4. The lowest BCUT2D eigenvalue weighted by molar-refractivity contribution is 0.275. The Balaban J connectivity index is -0.000000102. The van der Waals surface area contributed by atoms with E-state index in [0.717, 1.165) is 0 Å². The highest BCUT2D eigenvalue weighted by molar-refractivity contribution is 7.45. The molecule has 0 bridgehead atoms. The van der Waals surface area contributed by atoms with Crippen molar-refractivity contribution in [3.8, 4) is 0 Å². The third-order valence-corrected chi connectivity index (χ3v) is 7.29. The minimum Gasteiger partial charge on any atom is -0.303 e. The van der Waals surface area contributed by atoms with E-state index in [-0.39, 0.29) is 0 Å². The van der Waals surface area contributed by atoms with Crippen molar-refractivity contribution in [3.05, 3.63) is 0 Å². The highest BCUT2D eigenvalue weighted by Crippen LogP contribution is 2.25. The number of rotatable bonds is 25. The van der Waals surface area contributed by atoms with Gasteiger partial charge in [0.05, 0.1) is 0 Å². The van der Waals surface area contributed by atoms with Crippen LogP contribution >= 0.6 is 7.82 Å². The van der Waals surface area contributed by atoms with Gasteiger partial charge in [0.15, 0.2) is 0 Å². The van der Waals surface area contributed by atoms with Gasteiger partial charge in [0.2, 0.25) is 0 Å². The van der Waals surface area contributed by atoms with E-state index < -0.39 is 7.82 Å². The Morgan fingerprint density at radius 3 is 0.356 bits per heavy atom. The third kappa shape index (κ3) is 124. The van der Waals surface area contributed by atoms with Crippen LogP contribution in [0.1, 0.15) is 262 Å². The molecule has 0 aromatic heterocycles. The summed E-state index contributed by atoms with van der Waals surface area (Å²) in [5.41, 5.74) is 0. The van der Waals surface area contributed by atoms with Gasteiger partial charge >= 0.3 is 7.82 Å². The van der Waals surface area contributed by atoms with Crippen LogP contribution in [0.3, 0.4) is 0 Å². The van der Waals surface area contributed by atoms with Crippen molar-refractivity contribution in [2.24, 2.45) is 0 Å². The SMILES string of the molecule is CCCCCCCC.CCCCCCCC.CCCCCCCC.CCCCCCCC.CCCCCCCC.O=P(O)(O)O. The van der Waals surface area contributed by atoms with Crippen molar-refractivity contribution in [1.29, 1.82) is 0 Å². The zero-order valence-corrected chi connectivity index (χ0v) is 34.3. The third-order valence-electron chi connectivity index (χ3n) is 7.29. The molecule has 0 fully saturated rings. The summed E-state index contributed by atoms with van der Waals surface area (Å²) < 4.78 is 8.88. The Bertz CT molecular complexity index is 332. The van der Waals surface area contributed by atoms with Crippen LogP contribution in [-0.2, 0) is 4.57 Å². The summed E-state index contributed by atoms with van der Waals surface area (Å²) >= 11 is 0. The van der Waals surface area contributed by atoms with E-state index in [1.54, 1.807) is 0 Å². The molecule has 0 aliphatic rings. The first-order valence-electron chi connectivity index (χ1n) is 20.4. The van der Waals surface area contributed by atoms with Crippen molar-refractivity contribution >= 4 is 7.82 Å². The molecule has 0 atom stereocenters. The van der Waals surface area contributed by atoms with E-state index in [0.29, 0.717) is 0 Å². The van der Waals surface area contributed by atoms with Crippen LogP contribution in [0, 0.1) is 0 Å². The van der Waals surface area contributed by atoms with Gasteiger partial charge in [-0.2, -0.15) is 0 Å². The minimum absolute atomic E-state index is 1.36. The number of hydrogen-bond acceptors (Lipinski definition) is 1. The van der Waals surface area contributed by atoms with E-state index in [9.17, 15) is 0 Å². The van der Waals surface area contributed by atoms with Crippen LogP contribution in [0.15, 0.2) is 0 Å². The van der Waals surface area contributed by atoms with Crippen LogP contribution in [0.2, 0.25) is 0 Å². The van der Waals surface area contributed by atoms with Crippen LogP contribution in [0.5, 0.6) is 0 Å². The van der Waals surface area contributed by atoms with Crippen molar-refractivity contribution in [2.75, 3.05) is 0 Å². The first-order chi connectivity index (χ1) is 21.6. The van der Waals surface area contributed by atoms with Gasteiger partial charge in [0, 0.05) is 0 Å². The Morgan fingerprint density at radius 1 is 0.244 bits per heavy atom. The maximum Gasteiger partial charge on any atom is 0.466 e. The fourth-order valence-corrected chi connectivity index (χ4v) is 4.27. The minimum atomic E-state index is -4.64. The van der Waals surface area contributed by atoms with E-state index in [2.05, 4.69) is 69.2 Å². The van der Waals surface area contributed by atoms with Gasteiger partial charge in [-0.15, -0.1) is 0 Å². The lowest BCUT2D eigenvalue weighted by Gasteiger charge is -1.93. The zero-order chi connectivity index (χ0) is 35.7. The molecule has 3 N–H and O–H groups in total. The van der Waals surface area contributed by atoms with Crippen LogP contribution < -0.4 is 0 Å². The van der Waals surface area contributed by atoms with Crippen LogP contribution in [0.25, 0.3) is 0 Å². The molecule has 0 aliphatic heterocycles. The molecule has 0 aliphatic carbocycles. The van der Waals surface area contributed by atoms with Crippen LogP contribution in [-0.4, -0.2) is 14.7 Å². The summed E-state index contributed by atoms with van der Waals surface area (Å²) in [5.74, 6) is 0. The highest BCUT2D eigenvalue weighted by atomic mass is 31.2. The van der Waals surface area contributed by atoms with Crippen molar-refractivity contribution in [3.63, 3.8) is 0 Å². The summed E-state index contributed by atoms with van der Waals surface area (Å²) in [6, 6.07) is 0. The van der Waals surface area contributed by atoms with Gasteiger partial charge in [-0.05, 0) is 0 Å². The Labute approximate surface area is 288 Å². The normalized spacial score (nSPS) is 9.98. The van der Waals surface area contributed by atoms with Gasteiger partial charge < -0.3 is 14.7 Å². The molecule has 0 rings (SSSR count). The lowest BCUT2D eigenvalue weighted by Crippen LogP contribution is -1.73. The number of unbranched alkanes of at least 4 members (excludes halogenated alkanes) is 25. The molecule has 0 saturated heterocycles. The van der Waals surface area contributed by atoms with E-state index in [1.807, 2.05) is 0 Å². The largest absolute Gasteiger partial charge is 0.466 e. The van der Waals surface area contributed by atoms with Gasteiger partial charge in [0.25, 0.3) is 0 Å². The van der Waals surface area contributed by atoms with Crippen molar-refractivity contribution < 1.29 is 19.2 Å². The molecule has 0 radical (unpaired) electrons. The van der Waals surface area contributed by atoms with Crippen molar-refractivity contribution in [2.45, 2.75) is 262 Å². The Hall–Kier alpha value is 0.110. The zero-order valence-electron chi connectivity index (χ0n) is 33.4. The Kier molecular flexibility index (Phi) is 80.2. The summed E-state index contributed by atoms with van der Waals surface area (Å²) in [5, 5.41) is 0. The topological polar surface area (TPSA) is 77.8 Å². The maximum atomic E-state index is 8.88. The molecule has 0 aromatic carbocycles. The van der Waals surface area contributed by atoms with Gasteiger partial charge in [-0.1, -0.05) is 262 Å². The average Bonchev–Trinajstić information content (AvgIpc) is 3.01. The quantitative estimate of drug-likeness (QED) is 0.0668. The number of phosphoric acid groups is 1. The molecule has 0 spiro atoms. The van der Waals surface area contributed by atoms with Gasteiger partial charge in [-0.3, -0.25) is 0 Å². The highest BCUT2D eigenvalue weighted by Gasteiger charge is 2.00. The van der Waals surface area contributed by atoms with E-state index in [1.165, 1.54) is 193 Å². The smallest absolute Gasteiger partial charge is 0.303 e. The first kappa shape index (κ1) is 57.4. The molecule has 45 heavy (non-hydrogen) atoms. The molecule has 0 amide bonds. The number of hydrogen-bond donors (Lipinski definition) is 3. The first-order valence-corrected chi connectivity index (χ1v) is 21.9. The molecule has 4 nitrogen and oxygen atoms in total. The van der Waals surface area contributed by atoms with Crippen LogP contribution in [0.4, 0.5) is 0 Å². The molecular formula is C40H93O4P. The van der Waals surface area contributed by atoms with Gasteiger partial charge in [0.1, 0.15) is 0 Å². The van der Waals surface area contributed by atoms with Gasteiger partial charge in [-0.25, -0.2) is 4.57 Å². The van der Waals surface area contributed by atoms with E-state index in [4.69, 9.17) is 19.2 Å². The summed E-state index contributed by atoms with van der Waals surface area (Å²) in [4.78, 5) is 21.6. The Morgan fingerprint density at radius 2 is 0.311 bits per heavy atom. The second kappa shape index (κ2) is 62.9. The predicted octanol–water partition coefficient (Wildman–Crippen LogP) is 15.9. The van der Waals surface area contributed by atoms with Crippen molar-refractivity contribution in [1.82, 2.24) is 0 Å². The van der Waals surface area contributed by atoms with E-state index >= 15 is 0 Å². The molecule has 0 unspecified atom stereocenters. The standard InChI is InChI=1S/5C8H18.H3O4P/c5*1-3-5-7-8-6-4-2;1-5(2,3)4/h5*3-8H2,1-2H3;(H3,1,2,3,4). The average molecular weight is 669 g/mol. The summed E-state index contributed by atoms with van der Waals surface area (Å²) in [6.45, 7) is 22.6. The second-order valence-electron chi connectivity index (χ2n) is 12.6. The molecule has 0 saturated carbocycles. The fraction of sp³-hybridized carbons (Fsp3) is 1.00. The molecular weight excluding hydrogens is 575 g/mol. The molecule has 0 heterocycles. The monoisotopic (exact) mass is 669 g/mol.